The quantitative estimate of drug-likeness (QED) is 0.785. The summed E-state index contributed by atoms with van der Waals surface area (Å²) in [4.78, 5) is 12.3. The molecule has 1 spiro atoms. The van der Waals surface area contributed by atoms with Crippen LogP contribution in [0.1, 0.15) is 28.8 Å². The van der Waals surface area contributed by atoms with Crippen molar-refractivity contribution in [2.75, 3.05) is 19.0 Å². The molecular formula is C13H15NO2. The van der Waals surface area contributed by atoms with Crippen LogP contribution in [0.5, 0.6) is 5.75 Å². The Kier molecular flexibility index (Phi) is 1.82. The number of hydrogen-bond donors (Lipinski definition) is 1. The number of anilines is 1. The van der Waals surface area contributed by atoms with Gasteiger partial charge in [-0.25, -0.2) is 0 Å². The van der Waals surface area contributed by atoms with E-state index in [0.717, 1.165) is 42.0 Å². The first-order chi connectivity index (χ1) is 7.66. The zero-order chi connectivity index (χ0) is 11.3. The summed E-state index contributed by atoms with van der Waals surface area (Å²) >= 11 is 0. The number of ether oxygens (including phenoxy) is 1. The van der Waals surface area contributed by atoms with Crippen LogP contribution in [0.25, 0.3) is 0 Å². The minimum absolute atomic E-state index is 0.0915. The number of benzene rings is 1. The second-order valence-electron chi connectivity index (χ2n) is 4.85. The van der Waals surface area contributed by atoms with E-state index in [0.29, 0.717) is 5.78 Å². The van der Waals surface area contributed by atoms with Gasteiger partial charge in [0.15, 0.2) is 5.78 Å². The Balaban J connectivity index is 2.16. The lowest BCUT2D eigenvalue weighted by molar-refractivity contribution is 0.0903. The molecule has 0 amide bonds. The molecule has 3 heteroatoms. The average molecular weight is 217 g/mol. The van der Waals surface area contributed by atoms with Gasteiger partial charge < -0.3 is 10.1 Å². The standard InChI is InChI=1S/C13H15NO2/c1-8-5-9-11(10(6-8)16-2)14-7-13(3-4-13)12(9)15/h5-6,14H,3-4,7H2,1-2H3. The lowest BCUT2D eigenvalue weighted by Crippen LogP contribution is -2.31. The fourth-order valence-electron chi connectivity index (χ4n) is 2.45. The molecule has 16 heavy (non-hydrogen) atoms. The molecule has 1 fully saturated rings. The number of hydrogen-bond acceptors (Lipinski definition) is 3. The molecule has 0 unspecified atom stereocenters. The van der Waals surface area contributed by atoms with E-state index >= 15 is 0 Å². The second-order valence-corrected chi connectivity index (χ2v) is 4.85. The van der Waals surface area contributed by atoms with E-state index in [-0.39, 0.29) is 5.41 Å². The van der Waals surface area contributed by atoms with E-state index in [9.17, 15) is 4.79 Å². The van der Waals surface area contributed by atoms with Gasteiger partial charge in [0, 0.05) is 12.1 Å². The highest BCUT2D eigenvalue weighted by atomic mass is 16.5. The van der Waals surface area contributed by atoms with Crippen LogP contribution in [0.2, 0.25) is 0 Å². The topological polar surface area (TPSA) is 38.3 Å². The first-order valence-corrected chi connectivity index (χ1v) is 5.64. The van der Waals surface area contributed by atoms with Crippen molar-refractivity contribution >= 4 is 11.5 Å². The lowest BCUT2D eigenvalue weighted by atomic mass is 9.88. The Morgan fingerprint density at radius 3 is 2.75 bits per heavy atom. The van der Waals surface area contributed by atoms with Gasteiger partial charge in [-0.05, 0) is 37.5 Å². The van der Waals surface area contributed by atoms with Crippen LogP contribution in [0.4, 0.5) is 5.69 Å². The third-order valence-corrected chi connectivity index (χ3v) is 3.65. The highest BCUT2D eigenvalue weighted by molar-refractivity contribution is 6.09. The van der Waals surface area contributed by atoms with E-state index in [2.05, 4.69) is 5.32 Å². The van der Waals surface area contributed by atoms with E-state index in [1.807, 2.05) is 19.1 Å². The number of carbonyl (C=O) groups is 1. The van der Waals surface area contributed by atoms with Crippen LogP contribution in [0.3, 0.4) is 0 Å². The minimum atomic E-state index is -0.0915. The van der Waals surface area contributed by atoms with Gasteiger partial charge in [-0.3, -0.25) is 4.79 Å². The Morgan fingerprint density at radius 2 is 2.12 bits per heavy atom. The summed E-state index contributed by atoms with van der Waals surface area (Å²) in [5.41, 5.74) is 2.66. The Labute approximate surface area is 94.8 Å². The number of ketones is 1. The van der Waals surface area contributed by atoms with Crippen LogP contribution in [-0.2, 0) is 0 Å². The summed E-state index contributed by atoms with van der Waals surface area (Å²) in [5.74, 6) is 1.07. The first kappa shape index (κ1) is 9.70. The number of carbonyl (C=O) groups excluding carboxylic acids is 1. The van der Waals surface area contributed by atoms with Crippen molar-refractivity contribution in [2.24, 2.45) is 5.41 Å². The molecule has 84 valence electrons. The number of fused-ring (bicyclic) bond motifs is 1. The molecule has 3 rings (SSSR count). The highest BCUT2D eigenvalue weighted by Crippen LogP contribution is 2.52. The summed E-state index contributed by atoms with van der Waals surface area (Å²) in [6.45, 7) is 2.75. The van der Waals surface area contributed by atoms with Gasteiger partial charge in [-0.15, -0.1) is 0 Å². The highest BCUT2D eigenvalue weighted by Gasteiger charge is 2.52. The molecule has 1 aromatic rings. The molecule has 1 saturated carbocycles. The van der Waals surface area contributed by atoms with Crippen LogP contribution in [-0.4, -0.2) is 19.4 Å². The van der Waals surface area contributed by atoms with E-state index in [4.69, 9.17) is 4.74 Å². The number of nitrogens with one attached hydrogen (secondary N) is 1. The molecule has 0 radical (unpaired) electrons. The molecule has 2 aliphatic rings. The normalized spacial score (nSPS) is 20.2. The summed E-state index contributed by atoms with van der Waals surface area (Å²) in [6, 6.07) is 3.93. The molecule has 1 heterocycles. The third kappa shape index (κ3) is 1.17. The molecule has 3 nitrogen and oxygen atoms in total. The molecule has 1 aliphatic heterocycles. The molecule has 0 atom stereocenters. The Bertz CT molecular complexity index is 475. The van der Waals surface area contributed by atoms with Gasteiger partial charge in [0.2, 0.25) is 0 Å². The molecule has 0 bridgehead atoms. The minimum Gasteiger partial charge on any atom is -0.495 e. The van der Waals surface area contributed by atoms with E-state index < -0.39 is 0 Å². The van der Waals surface area contributed by atoms with Crippen molar-refractivity contribution in [3.8, 4) is 5.75 Å². The van der Waals surface area contributed by atoms with Crippen molar-refractivity contribution in [3.63, 3.8) is 0 Å². The third-order valence-electron chi connectivity index (χ3n) is 3.65. The lowest BCUT2D eigenvalue weighted by Gasteiger charge is -2.26. The maximum absolute atomic E-state index is 12.3. The molecule has 1 aromatic carbocycles. The van der Waals surface area contributed by atoms with Crippen LogP contribution < -0.4 is 10.1 Å². The summed E-state index contributed by atoms with van der Waals surface area (Å²) in [6.07, 6.45) is 2.04. The SMILES string of the molecule is COc1cc(C)cc2c1NCC1(CC1)C2=O. The van der Waals surface area contributed by atoms with Crippen molar-refractivity contribution in [2.45, 2.75) is 19.8 Å². The summed E-state index contributed by atoms with van der Waals surface area (Å²) in [5, 5.41) is 3.35. The maximum atomic E-state index is 12.3. The van der Waals surface area contributed by atoms with Gasteiger partial charge in [0.05, 0.1) is 18.2 Å². The Morgan fingerprint density at radius 1 is 1.38 bits per heavy atom. The molecule has 0 aromatic heterocycles. The van der Waals surface area contributed by atoms with Gasteiger partial charge in [-0.1, -0.05) is 0 Å². The molecule has 0 saturated heterocycles. The van der Waals surface area contributed by atoms with Gasteiger partial charge in [0.25, 0.3) is 0 Å². The number of rotatable bonds is 1. The zero-order valence-corrected chi connectivity index (χ0v) is 9.59. The van der Waals surface area contributed by atoms with Gasteiger partial charge in [0.1, 0.15) is 5.75 Å². The maximum Gasteiger partial charge on any atom is 0.172 e. The van der Waals surface area contributed by atoms with Crippen molar-refractivity contribution in [1.29, 1.82) is 0 Å². The fourth-order valence-corrected chi connectivity index (χ4v) is 2.45. The van der Waals surface area contributed by atoms with Crippen LogP contribution in [0, 0.1) is 12.3 Å². The first-order valence-electron chi connectivity index (χ1n) is 5.64. The van der Waals surface area contributed by atoms with Crippen LogP contribution in [0.15, 0.2) is 12.1 Å². The number of aryl methyl sites for hydroxylation is 1. The largest absolute Gasteiger partial charge is 0.495 e. The Hall–Kier alpha value is -1.51. The smallest absolute Gasteiger partial charge is 0.172 e. The molecule has 1 N–H and O–H groups in total. The predicted molar refractivity (Wildman–Crippen MR) is 62.2 cm³/mol. The van der Waals surface area contributed by atoms with E-state index in [1.54, 1.807) is 7.11 Å². The number of methoxy groups -OCH3 is 1. The van der Waals surface area contributed by atoms with Gasteiger partial charge >= 0.3 is 0 Å². The monoisotopic (exact) mass is 217 g/mol. The fraction of sp³-hybridized carbons (Fsp3) is 0.462. The molecule has 1 aliphatic carbocycles. The van der Waals surface area contributed by atoms with Crippen molar-refractivity contribution < 1.29 is 9.53 Å². The summed E-state index contributed by atoms with van der Waals surface area (Å²) in [7, 11) is 1.64. The zero-order valence-electron chi connectivity index (χ0n) is 9.59. The van der Waals surface area contributed by atoms with Gasteiger partial charge in [-0.2, -0.15) is 0 Å². The van der Waals surface area contributed by atoms with Crippen LogP contribution >= 0.6 is 0 Å². The van der Waals surface area contributed by atoms with Crippen molar-refractivity contribution in [3.05, 3.63) is 23.3 Å². The second kappa shape index (κ2) is 3.00. The summed E-state index contributed by atoms with van der Waals surface area (Å²) < 4.78 is 5.32. The molecular weight excluding hydrogens is 202 g/mol. The number of Topliss-reactive ketones (excluding diaryl/α,β-unsaturated/α-hetero) is 1. The van der Waals surface area contributed by atoms with E-state index in [1.165, 1.54) is 0 Å². The average Bonchev–Trinajstić information content (AvgIpc) is 3.05. The predicted octanol–water partition coefficient (Wildman–Crippen LogP) is 2.39. The van der Waals surface area contributed by atoms with Crippen molar-refractivity contribution in [1.82, 2.24) is 0 Å².